The van der Waals surface area contributed by atoms with Crippen molar-refractivity contribution < 1.29 is 8.78 Å². The van der Waals surface area contributed by atoms with Gasteiger partial charge in [-0.15, -0.1) is 0 Å². The lowest BCUT2D eigenvalue weighted by molar-refractivity contribution is 0.371. The molecule has 0 radical (unpaired) electrons. The van der Waals surface area contributed by atoms with E-state index < -0.39 is 11.6 Å². The van der Waals surface area contributed by atoms with Crippen LogP contribution in [0.15, 0.2) is 12.1 Å². The van der Waals surface area contributed by atoms with E-state index in [4.69, 9.17) is 11.0 Å². The third-order valence-corrected chi connectivity index (χ3v) is 2.69. The minimum absolute atomic E-state index is 0.0203. The molecule has 1 saturated carbocycles. The number of benzene rings is 1. The summed E-state index contributed by atoms with van der Waals surface area (Å²) in [5, 5.41) is 11.3. The van der Waals surface area contributed by atoms with Gasteiger partial charge in [-0.05, 0) is 25.0 Å². The van der Waals surface area contributed by atoms with Gasteiger partial charge in [0.15, 0.2) is 11.6 Å². The van der Waals surface area contributed by atoms with Crippen LogP contribution in [-0.2, 0) is 0 Å². The highest BCUT2D eigenvalue weighted by Crippen LogP contribution is 2.27. The standard InChI is InChI=1S/C11H11F2N3/c12-9-1-6(5-14)2-10(13)11(9)16-8-3-7(15)4-8/h1-2,7-8,16H,3-4,15H2. The van der Waals surface area contributed by atoms with Gasteiger partial charge in [-0.3, -0.25) is 0 Å². The highest BCUT2D eigenvalue weighted by Gasteiger charge is 2.27. The molecule has 0 aliphatic heterocycles. The molecule has 0 heterocycles. The Bertz CT molecular complexity index is 424. The fourth-order valence-electron chi connectivity index (χ4n) is 1.76. The molecule has 0 atom stereocenters. The summed E-state index contributed by atoms with van der Waals surface area (Å²) in [5.41, 5.74) is 5.38. The summed E-state index contributed by atoms with van der Waals surface area (Å²) >= 11 is 0. The summed E-state index contributed by atoms with van der Waals surface area (Å²) < 4.78 is 26.9. The Morgan fingerprint density at radius 2 is 1.88 bits per heavy atom. The number of nitrogens with one attached hydrogen (secondary N) is 1. The Hall–Kier alpha value is -1.67. The first-order valence-corrected chi connectivity index (χ1v) is 5.01. The van der Waals surface area contributed by atoms with Gasteiger partial charge in [-0.2, -0.15) is 5.26 Å². The van der Waals surface area contributed by atoms with E-state index in [1.165, 1.54) is 0 Å². The molecule has 2 rings (SSSR count). The fraction of sp³-hybridized carbons (Fsp3) is 0.364. The van der Waals surface area contributed by atoms with Crippen molar-refractivity contribution in [1.29, 1.82) is 5.26 Å². The number of nitriles is 1. The average Bonchev–Trinajstić information content (AvgIpc) is 2.19. The molecule has 0 bridgehead atoms. The molecule has 0 unspecified atom stereocenters. The first-order valence-electron chi connectivity index (χ1n) is 5.01. The van der Waals surface area contributed by atoms with Gasteiger partial charge in [0.2, 0.25) is 0 Å². The lowest BCUT2D eigenvalue weighted by Crippen LogP contribution is -2.44. The summed E-state index contributed by atoms with van der Waals surface area (Å²) in [5.74, 6) is -1.48. The Kier molecular flexibility index (Phi) is 2.75. The zero-order chi connectivity index (χ0) is 11.7. The Balaban J connectivity index is 2.18. The molecule has 3 nitrogen and oxygen atoms in total. The van der Waals surface area contributed by atoms with Gasteiger partial charge in [-0.25, -0.2) is 8.78 Å². The molecule has 1 aliphatic carbocycles. The van der Waals surface area contributed by atoms with Crippen LogP contribution < -0.4 is 11.1 Å². The predicted molar refractivity (Wildman–Crippen MR) is 55.7 cm³/mol. The van der Waals surface area contributed by atoms with Crippen LogP contribution in [0.1, 0.15) is 18.4 Å². The molecule has 1 aliphatic rings. The molecule has 5 heteroatoms. The van der Waals surface area contributed by atoms with Crippen molar-refractivity contribution in [2.24, 2.45) is 5.73 Å². The highest BCUT2D eigenvalue weighted by molar-refractivity contribution is 5.51. The van der Waals surface area contributed by atoms with Crippen LogP contribution >= 0.6 is 0 Å². The van der Waals surface area contributed by atoms with Crippen LogP contribution in [0.25, 0.3) is 0 Å². The van der Waals surface area contributed by atoms with Gasteiger partial charge in [0.1, 0.15) is 5.69 Å². The van der Waals surface area contributed by atoms with Crippen molar-refractivity contribution in [2.45, 2.75) is 24.9 Å². The first kappa shape index (κ1) is 10.8. The van der Waals surface area contributed by atoms with Crippen LogP contribution in [0.3, 0.4) is 0 Å². The summed E-state index contributed by atoms with van der Waals surface area (Å²) in [4.78, 5) is 0. The van der Waals surface area contributed by atoms with Gasteiger partial charge < -0.3 is 11.1 Å². The highest BCUT2D eigenvalue weighted by atomic mass is 19.1. The van der Waals surface area contributed by atoms with Crippen molar-refractivity contribution in [3.05, 3.63) is 29.3 Å². The van der Waals surface area contributed by atoms with E-state index in [9.17, 15) is 8.78 Å². The molecule has 84 valence electrons. The zero-order valence-corrected chi connectivity index (χ0v) is 8.50. The van der Waals surface area contributed by atoms with E-state index in [0.29, 0.717) is 12.8 Å². The molecule has 0 spiro atoms. The first-order chi connectivity index (χ1) is 7.60. The van der Waals surface area contributed by atoms with E-state index in [1.807, 2.05) is 0 Å². The molecular weight excluding hydrogens is 212 g/mol. The van der Waals surface area contributed by atoms with Crippen molar-refractivity contribution in [1.82, 2.24) is 0 Å². The molecule has 0 aromatic heterocycles. The predicted octanol–water partition coefficient (Wildman–Crippen LogP) is 1.74. The Morgan fingerprint density at radius 3 is 2.31 bits per heavy atom. The maximum Gasteiger partial charge on any atom is 0.150 e. The number of nitrogens with zero attached hydrogens (tertiary/aromatic N) is 1. The maximum atomic E-state index is 13.4. The third kappa shape index (κ3) is 1.97. The fourth-order valence-corrected chi connectivity index (χ4v) is 1.76. The number of hydrogen-bond donors (Lipinski definition) is 2. The Labute approximate surface area is 91.9 Å². The Morgan fingerprint density at radius 1 is 1.31 bits per heavy atom. The van der Waals surface area contributed by atoms with E-state index in [0.717, 1.165) is 12.1 Å². The van der Waals surface area contributed by atoms with Gasteiger partial charge in [-0.1, -0.05) is 0 Å². The second-order valence-corrected chi connectivity index (χ2v) is 4.00. The normalized spacial score (nSPS) is 23.4. The van der Waals surface area contributed by atoms with Crippen molar-refractivity contribution in [3.63, 3.8) is 0 Å². The van der Waals surface area contributed by atoms with E-state index in [-0.39, 0.29) is 23.3 Å². The molecule has 1 aromatic carbocycles. The number of halogens is 2. The van der Waals surface area contributed by atoms with Crippen LogP contribution in [0, 0.1) is 23.0 Å². The van der Waals surface area contributed by atoms with E-state index in [2.05, 4.69) is 5.32 Å². The smallest absolute Gasteiger partial charge is 0.150 e. The third-order valence-electron chi connectivity index (χ3n) is 2.69. The molecular formula is C11H11F2N3. The van der Waals surface area contributed by atoms with Gasteiger partial charge >= 0.3 is 0 Å². The number of nitrogens with two attached hydrogens (primary N) is 1. The second kappa shape index (κ2) is 4.06. The number of anilines is 1. The minimum Gasteiger partial charge on any atom is -0.377 e. The quantitative estimate of drug-likeness (QED) is 0.802. The maximum absolute atomic E-state index is 13.4. The molecule has 16 heavy (non-hydrogen) atoms. The van der Waals surface area contributed by atoms with Gasteiger partial charge in [0.25, 0.3) is 0 Å². The summed E-state index contributed by atoms with van der Waals surface area (Å²) in [7, 11) is 0. The number of rotatable bonds is 2. The number of hydrogen-bond acceptors (Lipinski definition) is 3. The minimum atomic E-state index is -0.739. The zero-order valence-electron chi connectivity index (χ0n) is 8.50. The van der Waals surface area contributed by atoms with Crippen LogP contribution in [0.4, 0.5) is 14.5 Å². The molecule has 1 fully saturated rings. The average molecular weight is 223 g/mol. The second-order valence-electron chi connectivity index (χ2n) is 4.00. The van der Waals surface area contributed by atoms with Crippen LogP contribution in [-0.4, -0.2) is 12.1 Å². The molecule has 3 N–H and O–H groups in total. The van der Waals surface area contributed by atoms with Crippen LogP contribution in [0.5, 0.6) is 0 Å². The summed E-state index contributed by atoms with van der Waals surface area (Å²) in [6.07, 6.45) is 1.41. The SMILES string of the molecule is N#Cc1cc(F)c(NC2CC(N)C2)c(F)c1. The van der Waals surface area contributed by atoms with Gasteiger partial charge in [0, 0.05) is 12.1 Å². The topological polar surface area (TPSA) is 61.8 Å². The largest absolute Gasteiger partial charge is 0.377 e. The lowest BCUT2D eigenvalue weighted by atomic mass is 9.87. The van der Waals surface area contributed by atoms with Gasteiger partial charge in [0.05, 0.1) is 11.6 Å². The van der Waals surface area contributed by atoms with Crippen molar-refractivity contribution in [3.8, 4) is 6.07 Å². The molecule has 0 saturated heterocycles. The monoisotopic (exact) mass is 223 g/mol. The lowest BCUT2D eigenvalue weighted by Gasteiger charge is -2.33. The molecule has 1 aromatic rings. The summed E-state index contributed by atoms with van der Waals surface area (Å²) in [6.45, 7) is 0. The van der Waals surface area contributed by atoms with Crippen molar-refractivity contribution in [2.75, 3.05) is 5.32 Å². The van der Waals surface area contributed by atoms with E-state index >= 15 is 0 Å². The summed E-state index contributed by atoms with van der Waals surface area (Å²) in [6, 6.07) is 3.87. The van der Waals surface area contributed by atoms with E-state index in [1.54, 1.807) is 6.07 Å². The molecule has 0 amide bonds. The van der Waals surface area contributed by atoms with Crippen LogP contribution in [0.2, 0.25) is 0 Å². The van der Waals surface area contributed by atoms with Crippen molar-refractivity contribution >= 4 is 5.69 Å².